The number of amides is 1. The van der Waals surface area contributed by atoms with Crippen LogP contribution in [0, 0.1) is 11.3 Å². The zero-order chi connectivity index (χ0) is 12.0. The van der Waals surface area contributed by atoms with E-state index in [0.29, 0.717) is 19.4 Å². The van der Waals surface area contributed by atoms with Crippen LogP contribution in [0.2, 0.25) is 0 Å². The van der Waals surface area contributed by atoms with Crippen molar-refractivity contribution >= 4 is 33.2 Å². The van der Waals surface area contributed by atoms with Crippen molar-refractivity contribution < 1.29 is 4.79 Å². The van der Waals surface area contributed by atoms with Crippen LogP contribution >= 0.6 is 27.3 Å². The Morgan fingerprint density at radius 1 is 1.62 bits per heavy atom. The van der Waals surface area contributed by atoms with Crippen LogP contribution in [0.1, 0.15) is 17.7 Å². The molecular weight excluding hydrogens is 288 g/mol. The number of likely N-dealkylation sites (N-methyl/N-ethyl adjacent to an activating group) is 1. The minimum Gasteiger partial charge on any atom is -0.345 e. The van der Waals surface area contributed by atoms with Crippen LogP contribution in [0.5, 0.6) is 0 Å². The number of halogens is 1. The first-order valence-electron chi connectivity index (χ1n) is 4.98. The number of hydrogen-bond acceptors (Lipinski definition) is 3. The van der Waals surface area contributed by atoms with Crippen molar-refractivity contribution in [1.82, 2.24) is 4.90 Å². The standard InChI is InChI=1S/C11H13BrN2OS/c1-14(11(15)3-2-7-13)8-6-9-4-5-10(12)16-9/h4-5H,2-3,6,8H2,1H3. The largest absolute Gasteiger partial charge is 0.345 e. The summed E-state index contributed by atoms with van der Waals surface area (Å²) in [6.45, 7) is 0.706. The fourth-order valence-electron chi connectivity index (χ4n) is 1.24. The van der Waals surface area contributed by atoms with Gasteiger partial charge in [0.2, 0.25) is 5.91 Å². The van der Waals surface area contributed by atoms with E-state index in [9.17, 15) is 4.79 Å². The topological polar surface area (TPSA) is 44.1 Å². The minimum atomic E-state index is 0.0390. The highest BCUT2D eigenvalue weighted by molar-refractivity contribution is 9.11. The van der Waals surface area contributed by atoms with Crippen LogP contribution in [0.3, 0.4) is 0 Å². The molecule has 5 heteroatoms. The second-order valence-electron chi connectivity index (χ2n) is 3.43. The van der Waals surface area contributed by atoms with Crippen LogP contribution in [-0.2, 0) is 11.2 Å². The number of hydrogen-bond donors (Lipinski definition) is 0. The molecule has 0 aliphatic heterocycles. The molecule has 1 amide bonds. The Hall–Kier alpha value is -0.860. The van der Waals surface area contributed by atoms with Gasteiger partial charge in [-0.05, 0) is 34.5 Å². The second-order valence-corrected chi connectivity index (χ2v) is 5.98. The summed E-state index contributed by atoms with van der Waals surface area (Å²) in [6, 6.07) is 6.05. The molecule has 3 nitrogen and oxygen atoms in total. The molecule has 1 rings (SSSR count). The molecule has 0 radical (unpaired) electrons. The van der Waals surface area contributed by atoms with E-state index in [4.69, 9.17) is 5.26 Å². The van der Waals surface area contributed by atoms with Crippen molar-refractivity contribution in [2.45, 2.75) is 19.3 Å². The number of rotatable bonds is 5. The normalized spacial score (nSPS) is 9.81. The van der Waals surface area contributed by atoms with Crippen molar-refractivity contribution in [3.8, 4) is 6.07 Å². The molecule has 0 spiro atoms. The number of thiophene rings is 1. The lowest BCUT2D eigenvalue weighted by Gasteiger charge is -2.15. The van der Waals surface area contributed by atoms with E-state index in [0.717, 1.165) is 10.2 Å². The summed E-state index contributed by atoms with van der Waals surface area (Å²) in [6.07, 6.45) is 1.49. The predicted molar refractivity (Wildman–Crippen MR) is 68.2 cm³/mol. The minimum absolute atomic E-state index is 0.0390. The first-order valence-corrected chi connectivity index (χ1v) is 6.59. The molecule has 1 aromatic heterocycles. The van der Waals surface area contributed by atoms with E-state index in [2.05, 4.69) is 22.0 Å². The molecule has 0 saturated carbocycles. The van der Waals surface area contributed by atoms with Crippen molar-refractivity contribution in [3.63, 3.8) is 0 Å². The van der Waals surface area contributed by atoms with Crippen molar-refractivity contribution in [2.24, 2.45) is 0 Å². The van der Waals surface area contributed by atoms with Crippen LogP contribution < -0.4 is 0 Å². The molecule has 0 atom stereocenters. The van der Waals surface area contributed by atoms with Gasteiger partial charge in [0, 0.05) is 31.3 Å². The summed E-state index contributed by atoms with van der Waals surface area (Å²) in [5.74, 6) is 0.0390. The maximum Gasteiger partial charge on any atom is 0.223 e. The van der Waals surface area contributed by atoms with E-state index in [1.54, 1.807) is 23.3 Å². The molecule has 0 aromatic carbocycles. The SMILES string of the molecule is CN(CCc1ccc(Br)s1)C(=O)CCC#N. The van der Waals surface area contributed by atoms with E-state index in [1.807, 2.05) is 12.1 Å². The molecule has 0 unspecified atom stereocenters. The Bertz CT molecular complexity index is 397. The zero-order valence-electron chi connectivity index (χ0n) is 9.07. The summed E-state index contributed by atoms with van der Waals surface area (Å²) in [5, 5.41) is 8.38. The van der Waals surface area contributed by atoms with Gasteiger partial charge in [-0.15, -0.1) is 11.3 Å². The summed E-state index contributed by atoms with van der Waals surface area (Å²) in [4.78, 5) is 14.4. The van der Waals surface area contributed by atoms with Gasteiger partial charge in [0.1, 0.15) is 0 Å². The fraction of sp³-hybridized carbons (Fsp3) is 0.455. The molecule has 1 aromatic rings. The molecule has 0 N–H and O–H groups in total. The van der Waals surface area contributed by atoms with E-state index in [1.165, 1.54) is 4.88 Å². The summed E-state index contributed by atoms with van der Waals surface area (Å²) in [5.41, 5.74) is 0. The quantitative estimate of drug-likeness (QED) is 0.839. The third-order valence-corrected chi connectivity index (χ3v) is 3.88. The van der Waals surface area contributed by atoms with Crippen molar-refractivity contribution in [1.29, 1.82) is 5.26 Å². The fourth-order valence-corrected chi connectivity index (χ4v) is 2.71. The highest BCUT2D eigenvalue weighted by atomic mass is 79.9. The zero-order valence-corrected chi connectivity index (χ0v) is 11.5. The Morgan fingerprint density at radius 3 is 2.94 bits per heavy atom. The van der Waals surface area contributed by atoms with Gasteiger partial charge >= 0.3 is 0 Å². The molecular formula is C11H13BrN2OS. The third-order valence-electron chi connectivity index (χ3n) is 2.20. The molecule has 0 saturated heterocycles. The summed E-state index contributed by atoms with van der Waals surface area (Å²) in [7, 11) is 1.78. The summed E-state index contributed by atoms with van der Waals surface area (Å²) < 4.78 is 1.11. The maximum absolute atomic E-state index is 11.5. The molecule has 0 bridgehead atoms. The Labute approximate surface area is 108 Å². The molecule has 0 aliphatic carbocycles. The summed E-state index contributed by atoms with van der Waals surface area (Å²) >= 11 is 5.09. The van der Waals surface area contributed by atoms with Gasteiger partial charge in [-0.25, -0.2) is 0 Å². The third kappa shape index (κ3) is 4.33. The van der Waals surface area contributed by atoms with Crippen LogP contribution in [-0.4, -0.2) is 24.4 Å². The lowest BCUT2D eigenvalue weighted by molar-refractivity contribution is -0.129. The van der Waals surface area contributed by atoms with Gasteiger partial charge < -0.3 is 4.90 Å². The van der Waals surface area contributed by atoms with E-state index < -0.39 is 0 Å². The Balaban J connectivity index is 2.32. The highest BCUT2D eigenvalue weighted by Crippen LogP contribution is 2.22. The first-order chi connectivity index (χ1) is 7.63. The number of carbonyl (C=O) groups is 1. The average Bonchev–Trinajstić information content (AvgIpc) is 2.68. The molecule has 0 fully saturated rings. The van der Waals surface area contributed by atoms with Crippen LogP contribution in [0.25, 0.3) is 0 Å². The maximum atomic E-state index is 11.5. The monoisotopic (exact) mass is 300 g/mol. The van der Waals surface area contributed by atoms with Gasteiger partial charge in [-0.3, -0.25) is 4.79 Å². The van der Waals surface area contributed by atoms with Crippen LogP contribution in [0.15, 0.2) is 15.9 Å². The van der Waals surface area contributed by atoms with Gasteiger partial charge in [-0.2, -0.15) is 5.26 Å². The first kappa shape index (κ1) is 13.2. The molecule has 1 heterocycles. The average molecular weight is 301 g/mol. The van der Waals surface area contributed by atoms with Gasteiger partial charge in [-0.1, -0.05) is 0 Å². The smallest absolute Gasteiger partial charge is 0.223 e. The lowest BCUT2D eigenvalue weighted by atomic mass is 10.3. The van der Waals surface area contributed by atoms with Gasteiger partial charge in [0.25, 0.3) is 0 Å². The van der Waals surface area contributed by atoms with E-state index in [-0.39, 0.29) is 5.91 Å². The predicted octanol–water partition coefficient (Wildman–Crippen LogP) is 2.82. The Morgan fingerprint density at radius 2 is 2.38 bits per heavy atom. The van der Waals surface area contributed by atoms with E-state index >= 15 is 0 Å². The number of carbonyl (C=O) groups excluding carboxylic acids is 1. The lowest BCUT2D eigenvalue weighted by Crippen LogP contribution is -2.28. The molecule has 86 valence electrons. The van der Waals surface area contributed by atoms with Crippen molar-refractivity contribution in [2.75, 3.05) is 13.6 Å². The van der Waals surface area contributed by atoms with Gasteiger partial charge in [0.15, 0.2) is 0 Å². The second kappa shape index (κ2) is 6.66. The number of nitriles is 1. The molecule has 16 heavy (non-hydrogen) atoms. The highest BCUT2D eigenvalue weighted by Gasteiger charge is 2.08. The van der Waals surface area contributed by atoms with Gasteiger partial charge in [0.05, 0.1) is 9.86 Å². The Kier molecular flexibility index (Phi) is 5.50. The number of nitrogens with zero attached hydrogens (tertiary/aromatic N) is 2. The molecule has 0 aliphatic rings. The van der Waals surface area contributed by atoms with Crippen LogP contribution in [0.4, 0.5) is 0 Å². The van der Waals surface area contributed by atoms with Crippen molar-refractivity contribution in [3.05, 3.63) is 20.8 Å².